The molecule has 1 atom stereocenters. The number of rotatable bonds is 3. The van der Waals surface area contributed by atoms with Crippen LogP contribution in [-0.4, -0.2) is 6.29 Å². The van der Waals surface area contributed by atoms with Crippen molar-refractivity contribution in [3.8, 4) is 0 Å². The van der Waals surface area contributed by atoms with Crippen molar-refractivity contribution in [2.75, 3.05) is 0 Å². The van der Waals surface area contributed by atoms with Crippen LogP contribution in [0.15, 0.2) is 35.5 Å². The molecule has 0 aliphatic heterocycles. The first-order valence-electron chi connectivity index (χ1n) is 5.24. The fourth-order valence-corrected chi connectivity index (χ4v) is 1.68. The Hall–Kier alpha value is -1.11. The van der Waals surface area contributed by atoms with Gasteiger partial charge in [-0.15, -0.1) is 0 Å². The van der Waals surface area contributed by atoms with Gasteiger partial charge < -0.3 is 0 Å². The van der Waals surface area contributed by atoms with Crippen molar-refractivity contribution in [2.24, 2.45) is 5.92 Å². The predicted octanol–water partition coefficient (Wildman–Crippen LogP) is 3.43. The molecule has 0 radical (unpaired) electrons. The summed E-state index contributed by atoms with van der Waals surface area (Å²) in [5, 5.41) is 0. The Kier molecular flexibility index (Phi) is 4.37. The lowest BCUT2D eigenvalue weighted by atomic mass is 9.89. The Bertz CT molecular complexity index is 282. The van der Waals surface area contributed by atoms with E-state index in [9.17, 15) is 4.79 Å². The van der Waals surface area contributed by atoms with E-state index >= 15 is 0 Å². The number of hydrogen-bond acceptors (Lipinski definition) is 1. The van der Waals surface area contributed by atoms with E-state index in [4.69, 9.17) is 0 Å². The molecular formula is C13H18O. The molecule has 0 saturated carbocycles. The van der Waals surface area contributed by atoms with Gasteiger partial charge in [0.1, 0.15) is 6.29 Å². The summed E-state index contributed by atoms with van der Waals surface area (Å²) < 4.78 is 0. The molecule has 0 aromatic rings. The summed E-state index contributed by atoms with van der Waals surface area (Å²) >= 11 is 0. The van der Waals surface area contributed by atoms with Gasteiger partial charge in [0.05, 0.1) is 0 Å². The van der Waals surface area contributed by atoms with E-state index in [0.29, 0.717) is 5.92 Å². The Balaban J connectivity index is 2.62. The second kappa shape index (κ2) is 5.58. The minimum atomic E-state index is 0.670. The zero-order valence-corrected chi connectivity index (χ0v) is 8.99. The van der Waals surface area contributed by atoms with Gasteiger partial charge >= 0.3 is 0 Å². The van der Waals surface area contributed by atoms with Crippen molar-refractivity contribution in [2.45, 2.75) is 33.1 Å². The second-order valence-electron chi connectivity index (χ2n) is 3.92. The van der Waals surface area contributed by atoms with Crippen LogP contribution in [0.2, 0.25) is 0 Å². The topological polar surface area (TPSA) is 17.1 Å². The maximum Gasteiger partial charge on any atom is 0.143 e. The third-order valence-electron chi connectivity index (χ3n) is 2.66. The summed E-state index contributed by atoms with van der Waals surface area (Å²) in [4.78, 5) is 10.2. The predicted molar refractivity (Wildman–Crippen MR) is 60.1 cm³/mol. The van der Waals surface area contributed by atoms with E-state index in [-0.39, 0.29) is 0 Å². The lowest BCUT2D eigenvalue weighted by Crippen LogP contribution is -2.02. The second-order valence-corrected chi connectivity index (χ2v) is 3.92. The van der Waals surface area contributed by atoms with Crippen molar-refractivity contribution in [1.82, 2.24) is 0 Å². The summed E-state index contributed by atoms with van der Waals surface area (Å²) in [7, 11) is 0. The lowest BCUT2D eigenvalue weighted by Gasteiger charge is -2.17. The normalized spacial score (nSPS) is 23.7. The van der Waals surface area contributed by atoms with Crippen LogP contribution in [0.5, 0.6) is 0 Å². The van der Waals surface area contributed by atoms with Gasteiger partial charge in [-0.25, -0.2) is 0 Å². The molecule has 0 heterocycles. The lowest BCUT2D eigenvalue weighted by molar-refractivity contribution is -0.104. The number of carbonyl (C=O) groups excluding carboxylic acids is 1. The molecule has 1 heteroatoms. The van der Waals surface area contributed by atoms with Crippen LogP contribution in [0.25, 0.3) is 0 Å². The minimum absolute atomic E-state index is 0.670. The highest BCUT2D eigenvalue weighted by molar-refractivity contribution is 5.67. The number of hydrogen-bond donors (Lipinski definition) is 0. The molecule has 1 aliphatic rings. The Morgan fingerprint density at radius 2 is 2.36 bits per heavy atom. The van der Waals surface area contributed by atoms with Crippen LogP contribution in [-0.2, 0) is 4.79 Å². The zero-order valence-electron chi connectivity index (χ0n) is 8.99. The Labute approximate surface area is 86.2 Å². The smallest absolute Gasteiger partial charge is 0.143 e. The Morgan fingerprint density at radius 3 is 3.00 bits per heavy atom. The molecule has 1 nitrogen and oxygen atoms in total. The molecule has 0 saturated heterocycles. The van der Waals surface area contributed by atoms with E-state index < -0.39 is 0 Å². The molecule has 1 aliphatic carbocycles. The summed E-state index contributed by atoms with van der Waals surface area (Å²) in [6, 6.07) is 0. The third-order valence-corrected chi connectivity index (χ3v) is 2.66. The van der Waals surface area contributed by atoms with Crippen LogP contribution >= 0.6 is 0 Å². The molecule has 0 spiro atoms. The molecular weight excluding hydrogens is 172 g/mol. The molecule has 0 aromatic carbocycles. The third kappa shape index (κ3) is 3.33. The SMILES string of the molecule is CC(/C=C/C1=CCCCC1C)=C\C=O. The van der Waals surface area contributed by atoms with Gasteiger partial charge in [-0.2, -0.15) is 0 Å². The molecule has 0 fully saturated rings. The largest absolute Gasteiger partial charge is 0.299 e. The summed E-state index contributed by atoms with van der Waals surface area (Å²) in [5.41, 5.74) is 2.42. The highest BCUT2D eigenvalue weighted by Crippen LogP contribution is 2.25. The first-order valence-corrected chi connectivity index (χ1v) is 5.24. The molecule has 0 bridgehead atoms. The molecule has 1 rings (SSSR count). The standard InChI is InChI=1S/C13H18O/c1-11(9-10-14)7-8-13-6-4-3-5-12(13)2/h6-10,12H,3-5H2,1-2H3/b8-7+,11-9+. The fraction of sp³-hybridized carbons (Fsp3) is 0.462. The molecule has 0 aromatic heterocycles. The molecule has 14 heavy (non-hydrogen) atoms. The average molecular weight is 190 g/mol. The number of aldehydes is 1. The van der Waals surface area contributed by atoms with Gasteiger partial charge in [0.2, 0.25) is 0 Å². The van der Waals surface area contributed by atoms with E-state index in [1.54, 1.807) is 6.08 Å². The van der Waals surface area contributed by atoms with Crippen molar-refractivity contribution in [3.63, 3.8) is 0 Å². The van der Waals surface area contributed by atoms with Crippen molar-refractivity contribution in [3.05, 3.63) is 35.5 Å². The monoisotopic (exact) mass is 190 g/mol. The van der Waals surface area contributed by atoms with E-state index in [1.165, 1.54) is 24.8 Å². The van der Waals surface area contributed by atoms with Gasteiger partial charge in [-0.05, 0) is 49.3 Å². The van der Waals surface area contributed by atoms with Crippen LogP contribution in [0.4, 0.5) is 0 Å². The van der Waals surface area contributed by atoms with Crippen molar-refractivity contribution < 1.29 is 4.79 Å². The van der Waals surface area contributed by atoms with Crippen LogP contribution in [0, 0.1) is 5.92 Å². The van der Waals surface area contributed by atoms with E-state index in [1.807, 2.05) is 13.0 Å². The summed E-state index contributed by atoms with van der Waals surface area (Å²) in [5.74, 6) is 0.670. The molecule has 0 amide bonds. The van der Waals surface area contributed by atoms with E-state index in [2.05, 4.69) is 19.1 Å². The average Bonchev–Trinajstić information content (AvgIpc) is 2.17. The minimum Gasteiger partial charge on any atom is -0.299 e. The fourth-order valence-electron chi connectivity index (χ4n) is 1.68. The highest BCUT2D eigenvalue weighted by atomic mass is 16.1. The van der Waals surface area contributed by atoms with Gasteiger partial charge in [0.15, 0.2) is 0 Å². The molecule has 76 valence electrons. The van der Waals surface area contributed by atoms with Gasteiger partial charge in [-0.1, -0.05) is 25.2 Å². The summed E-state index contributed by atoms with van der Waals surface area (Å²) in [6.45, 7) is 4.20. The van der Waals surface area contributed by atoms with Gasteiger partial charge in [-0.3, -0.25) is 4.79 Å². The van der Waals surface area contributed by atoms with Crippen LogP contribution < -0.4 is 0 Å². The highest BCUT2D eigenvalue weighted by Gasteiger charge is 2.09. The molecule has 1 unspecified atom stereocenters. The van der Waals surface area contributed by atoms with E-state index in [0.717, 1.165) is 11.9 Å². The van der Waals surface area contributed by atoms with Crippen molar-refractivity contribution >= 4 is 6.29 Å². The summed E-state index contributed by atoms with van der Waals surface area (Å²) in [6.07, 6.45) is 12.7. The Morgan fingerprint density at radius 1 is 1.57 bits per heavy atom. The maximum absolute atomic E-state index is 10.2. The quantitative estimate of drug-likeness (QED) is 0.378. The van der Waals surface area contributed by atoms with Gasteiger partial charge in [0.25, 0.3) is 0 Å². The number of carbonyl (C=O) groups is 1. The van der Waals surface area contributed by atoms with Crippen LogP contribution in [0.3, 0.4) is 0 Å². The van der Waals surface area contributed by atoms with Crippen LogP contribution in [0.1, 0.15) is 33.1 Å². The van der Waals surface area contributed by atoms with Crippen molar-refractivity contribution in [1.29, 1.82) is 0 Å². The first kappa shape index (κ1) is 11.0. The zero-order chi connectivity index (χ0) is 10.4. The first-order chi connectivity index (χ1) is 6.74. The van der Waals surface area contributed by atoms with Gasteiger partial charge in [0, 0.05) is 0 Å². The maximum atomic E-state index is 10.2. The number of allylic oxidation sites excluding steroid dienone is 6. The molecule has 0 N–H and O–H groups in total.